The molecule has 0 aliphatic heterocycles. The molecular formula is C18H15N5O4. The highest BCUT2D eigenvalue weighted by Gasteiger charge is 2.09. The summed E-state index contributed by atoms with van der Waals surface area (Å²) in [4.78, 5) is 22.3. The van der Waals surface area contributed by atoms with Crippen LogP contribution in [0.25, 0.3) is 0 Å². The van der Waals surface area contributed by atoms with Crippen molar-refractivity contribution in [1.82, 2.24) is 15.2 Å². The van der Waals surface area contributed by atoms with E-state index in [9.17, 15) is 20.0 Å². The SMILES string of the molecule is O=C(NN=Cc1ccccc1O)c1ccn(Cc2ccc([N+](=O)[O-])cc2)n1. The summed E-state index contributed by atoms with van der Waals surface area (Å²) in [6, 6.07) is 14.2. The first-order chi connectivity index (χ1) is 13.0. The van der Waals surface area contributed by atoms with Gasteiger partial charge in [0.2, 0.25) is 0 Å². The summed E-state index contributed by atoms with van der Waals surface area (Å²) in [5.41, 5.74) is 3.82. The van der Waals surface area contributed by atoms with E-state index in [1.54, 1.807) is 41.2 Å². The number of amides is 1. The maximum Gasteiger partial charge on any atom is 0.291 e. The van der Waals surface area contributed by atoms with Crippen molar-refractivity contribution in [2.45, 2.75) is 6.54 Å². The second-order valence-corrected chi connectivity index (χ2v) is 5.58. The summed E-state index contributed by atoms with van der Waals surface area (Å²) in [6.45, 7) is 0.367. The molecule has 3 aromatic rings. The zero-order valence-electron chi connectivity index (χ0n) is 14.0. The molecule has 0 saturated carbocycles. The average molecular weight is 365 g/mol. The summed E-state index contributed by atoms with van der Waals surface area (Å²) in [7, 11) is 0. The molecule has 3 rings (SSSR count). The standard InChI is InChI=1S/C18H15N5O4/c24-17-4-2-1-3-14(17)11-19-20-18(25)16-9-10-22(21-16)12-13-5-7-15(8-6-13)23(26)27/h1-11,24H,12H2,(H,20,25). The lowest BCUT2D eigenvalue weighted by Gasteiger charge is -2.02. The van der Waals surface area contributed by atoms with Crippen molar-refractivity contribution in [2.24, 2.45) is 5.10 Å². The fourth-order valence-corrected chi connectivity index (χ4v) is 2.30. The smallest absolute Gasteiger partial charge is 0.291 e. The van der Waals surface area contributed by atoms with E-state index in [1.165, 1.54) is 30.5 Å². The Bertz CT molecular complexity index is 995. The monoisotopic (exact) mass is 365 g/mol. The number of hydrogen-bond donors (Lipinski definition) is 2. The highest BCUT2D eigenvalue weighted by Crippen LogP contribution is 2.13. The molecule has 0 aliphatic carbocycles. The molecule has 9 nitrogen and oxygen atoms in total. The molecule has 9 heteroatoms. The number of non-ortho nitro benzene ring substituents is 1. The lowest BCUT2D eigenvalue weighted by Crippen LogP contribution is -2.18. The molecule has 0 aliphatic rings. The van der Waals surface area contributed by atoms with Crippen LogP contribution in [0.1, 0.15) is 21.6 Å². The number of nitrogens with zero attached hydrogens (tertiary/aromatic N) is 4. The van der Waals surface area contributed by atoms with Crippen LogP contribution in [-0.4, -0.2) is 31.9 Å². The maximum atomic E-state index is 12.1. The van der Waals surface area contributed by atoms with Crippen LogP contribution in [-0.2, 0) is 6.54 Å². The van der Waals surface area contributed by atoms with E-state index in [2.05, 4.69) is 15.6 Å². The highest BCUT2D eigenvalue weighted by molar-refractivity contribution is 5.93. The molecule has 0 unspecified atom stereocenters. The molecule has 1 aromatic heterocycles. The molecule has 0 radical (unpaired) electrons. The van der Waals surface area contributed by atoms with E-state index >= 15 is 0 Å². The summed E-state index contributed by atoms with van der Waals surface area (Å²) in [6.07, 6.45) is 2.96. The van der Waals surface area contributed by atoms with Crippen molar-refractivity contribution in [3.63, 3.8) is 0 Å². The van der Waals surface area contributed by atoms with Crippen molar-refractivity contribution in [3.05, 3.63) is 87.7 Å². The van der Waals surface area contributed by atoms with Gasteiger partial charge >= 0.3 is 0 Å². The van der Waals surface area contributed by atoms with Gasteiger partial charge in [-0.15, -0.1) is 0 Å². The van der Waals surface area contributed by atoms with Crippen molar-refractivity contribution in [2.75, 3.05) is 0 Å². The number of benzene rings is 2. The van der Waals surface area contributed by atoms with Crippen LogP contribution in [0, 0.1) is 10.1 Å². The summed E-state index contributed by atoms with van der Waals surface area (Å²) < 4.78 is 1.54. The van der Waals surface area contributed by atoms with Gasteiger partial charge in [-0.1, -0.05) is 24.3 Å². The first kappa shape index (κ1) is 17.8. The average Bonchev–Trinajstić information content (AvgIpc) is 3.12. The van der Waals surface area contributed by atoms with Crippen molar-refractivity contribution in [1.29, 1.82) is 0 Å². The predicted molar refractivity (Wildman–Crippen MR) is 97.6 cm³/mol. The second kappa shape index (κ2) is 7.91. The lowest BCUT2D eigenvalue weighted by atomic mass is 10.2. The van der Waals surface area contributed by atoms with Crippen LogP contribution < -0.4 is 5.43 Å². The summed E-state index contributed by atoms with van der Waals surface area (Å²) >= 11 is 0. The number of aromatic hydroxyl groups is 1. The molecule has 0 spiro atoms. The molecule has 0 atom stereocenters. The van der Waals surface area contributed by atoms with Gasteiger partial charge in [-0.3, -0.25) is 19.6 Å². The summed E-state index contributed by atoms with van der Waals surface area (Å²) in [5.74, 6) is -0.438. The minimum atomic E-state index is -0.496. The van der Waals surface area contributed by atoms with Crippen LogP contribution in [0.15, 0.2) is 65.9 Å². The van der Waals surface area contributed by atoms with E-state index in [-0.39, 0.29) is 17.1 Å². The predicted octanol–water partition coefficient (Wildman–Crippen LogP) is 2.31. The zero-order chi connectivity index (χ0) is 19.2. The van der Waals surface area contributed by atoms with Gasteiger partial charge < -0.3 is 5.11 Å². The number of para-hydroxylation sites is 1. The van der Waals surface area contributed by atoms with Gasteiger partial charge in [-0.05, 0) is 23.8 Å². The Hall–Kier alpha value is -4.01. The number of phenolic OH excluding ortho intramolecular Hbond substituents is 1. The van der Waals surface area contributed by atoms with Crippen LogP contribution in [0.2, 0.25) is 0 Å². The third kappa shape index (κ3) is 4.54. The van der Waals surface area contributed by atoms with Gasteiger partial charge in [0.05, 0.1) is 17.7 Å². The number of rotatable bonds is 6. The van der Waals surface area contributed by atoms with Crippen LogP contribution in [0.3, 0.4) is 0 Å². The maximum absolute atomic E-state index is 12.1. The summed E-state index contributed by atoms with van der Waals surface area (Å²) in [5, 5.41) is 28.2. The number of aromatic nitrogens is 2. The number of nitrogens with one attached hydrogen (secondary N) is 1. The molecule has 0 fully saturated rings. The second-order valence-electron chi connectivity index (χ2n) is 5.58. The Labute approximate surface area is 153 Å². The molecule has 2 aromatic carbocycles. The molecule has 0 saturated heterocycles. The molecule has 1 heterocycles. The minimum absolute atomic E-state index is 0.0154. The first-order valence-electron chi connectivity index (χ1n) is 7.91. The quantitative estimate of drug-likeness (QED) is 0.394. The number of phenols is 1. The van der Waals surface area contributed by atoms with Crippen LogP contribution in [0.5, 0.6) is 5.75 Å². The Balaban J connectivity index is 1.60. The topological polar surface area (TPSA) is 123 Å². The Kier molecular flexibility index (Phi) is 5.22. The first-order valence-corrected chi connectivity index (χ1v) is 7.91. The number of nitro benzene ring substituents is 1. The number of carbonyl (C=O) groups is 1. The van der Waals surface area contributed by atoms with E-state index in [0.717, 1.165) is 5.56 Å². The van der Waals surface area contributed by atoms with E-state index in [4.69, 9.17) is 0 Å². The fraction of sp³-hybridized carbons (Fsp3) is 0.0556. The van der Waals surface area contributed by atoms with Gasteiger partial charge in [0.1, 0.15) is 5.75 Å². The van der Waals surface area contributed by atoms with Gasteiger partial charge in [-0.2, -0.15) is 10.2 Å². The molecule has 136 valence electrons. The van der Waals surface area contributed by atoms with E-state index in [1.807, 2.05) is 0 Å². The number of carbonyl (C=O) groups excluding carboxylic acids is 1. The van der Waals surface area contributed by atoms with Crippen LogP contribution >= 0.6 is 0 Å². The zero-order valence-corrected chi connectivity index (χ0v) is 14.0. The molecule has 0 bridgehead atoms. The molecule has 1 amide bonds. The Morgan fingerprint density at radius 2 is 1.96 bits per heavy atom. The third-order valence-corrected chi connectivity index (χ3v) is 3.67. The van der Waals surface area contributed by atoms with Gasteiger partial charge in [-0.25, -0.2) is 5.43 Å². The normalized spacial score (nSPS) is 10.8. The number of hydrogen-bond acceptors (Lipinski definition) is 6. The highest BCUT2D eigenvalue weighted by atomic mass is 16.6. The van der Waals surface area contributed by atoms with Crippen LogP contribution in [0.4, 0.5) is 5.69 Å². The fourth-order valence-electron chi connectivity index (χ4n) is 2.30. The Morgan fingerprint density at radius 1 is 1.22 bits per heavy atom. The largest absolute Gasteiger partial charge is 0.507 e. The van der Waals surface area contributed by atoms with Gasteiger partial charge in [0.15, 0.2) is 5.69 Å². The van der Waals surface area contributed by atoms with Gasteiger partial charge in [0.25, 0.3) is 11.6 Å². The van der Waals surface area contributed by atoms with E-state index < -0.39 is 10.8 Å². The minimum Gasteiger partial charge on any atom is -0.507 e. The van der Waals surface area contributed by atoms with Crippen molar-refractivity contribution < 1.29 is 14.8 Å². The van der Waals surface area contributed by atoms with E-state index in [0.29, 0.717) is 12.1 Å². The lowest BCUT2D eigenvalue weighted by molar-refractivity contribution is -0.384. The molecule has 27 heavy (non-hydrogen) atoms. The molecule has 2 N–H and O–H groups in total. The van der Waals surface area contributed by atoms with Gasteiger partial charge in [0, 0.05) is 23.9 Å². The van der Waals surface area contributed by atoms with Crippen molar-refractivity contribution >= 4 is 17.8 Å². The van der Waals surface area contributed by atoms with Crippen molar-refractivity contribution in [3.8, 4) is 5.75 Å². The Morgan fingerprint density at radius 3 is 2.67 bits per heavy atom. The number of nitro groups is 1. The number of hydrazone groups is 1. The third-order valence-electron chi connectivity index (χ3n) is 3.67. The molecular weight excluding hydrogens is 350 g/mol.